The number of carbonyl (C=O) groups excluding carboxylic acids is 1. The van der Waals surface area contributed by atoms with E-state index in [-0.39, 0.29) is 11.9 Å². The Labute approximate surface area is 109 Å². The smallest absolute Gasteiger partial charge is 0.314 e. The van der Waals surface area contributed by atoms with E-state index in [0.717, 1.165) is 5.56 Å². The van der Waals surface area contributed by atoms with Crippen molar-refractivity contribution in [1.29, 1.82) is 0 Å². The summed E-state index contributed by atoms with van der Waals surface area (Å²) < 4.78 is 5.19. The molecule has 0 aromatic heterocycles. The van der Waals surface area contributed by atoms with E-state index in [1.807, 2.05) is 0 Å². The third-order valence-corrected chi connectivity index (χ3v) is 3.21. The van der Waals surface area contributed by atoms with E-state index in [4.69, 9.17) is 27.9 Å². The highest BCUT2D eigenvalue weighted by Gasteiger charge is 2.30. The van der Waals surface area contributed by atoms with Crippen LogP contribution in [0.25, 0.3) is 0 Å². The van der Waals surface area contributed by atoms with Gasteiger partial charge in [-0.1, -0.05) is 23.2 Å². The van der Waals surface area contributed by atoms with Gasteiger partial charge in [0.15, 0.2) is 5.75 Å². The van der Waals surface area contributed by atoms with Crippen LogP contribution in [-0.2, 0) is 11.2 Å². The van der Waals surface area contributed by atoms with Crippen LogP contribution in [0.2, 0.25) is 10.0 Å². The van der Waals surface area contributed by atoms with Gasteiger partial charge in [-0.3, -0.25) is 4.79 Å². The molecule has 1 N–H and O–H groups in total. The summed E-state index contributed by atoms with van der Waals surface area (Å²) in [4.78, 5) is 11.7. The fraction of sp³-hybridized carbons (Fsp3) is 0.417. The number of aliphatic hydroxyl groups excluding tert-OH is 1. The lowest BCUT2D eigenvalue weighted by Gasteiger charge is -2.25. The Morgan fingerprint density at radius 1 is 1.53 bits per heavy atom. The number of carbonyl (C=O) groups is 1. The number of halogens is 2. The Balaban J connectivity index is 2.31. The van der Waals surface area contributed by atoms with Crippen molar-refractivity contribution in [2.45, 2.75) is 25.9 Å². The Morgan fingerprint density at radius 3 is 2.88 bits per heavy atom. The first-order chi connectivity index (χ1) is 7.97. The van der Waals surface area contributed by atoms with E-state index >= 15 is 0 Å². The first-order valence-electron chi connectivity index (χ1n) is 5.35. The van der Waals surface area contributed by atoms with Gasteiger partial charge in [-0.05, 0) is 37.5 Å². The van der Waals surface area contributed by atoms with E-state index in [2.05, 4.69) is 0 Å². The first-order valence-corrected chi connectivity index (χ1v) is 6.10. The fourth-order valence-corrected chi connectivity index (χ4v) is 2.58. The average Bonchev–Trinajstić information content (AvgIpc) is 2.20. The van der Waals surface area contributed by atoms with Crippen molar-refractivity contribution >= 4 is 29.2 Å². The summed E-state index contributed by atoms with van der Waals surface area (Å²) in [5.41, 5.74) is 0.813. The predicted octanol–water partition coefficient (Wildman–Crippen LogP) is 2.84. The van der Waals surface area contributed by atoms with E-state index in [9.17, 15) is 9.90 Å². The molecule has 1 heterocycles. The lowest BCUT2D eigenvalue weighted by Crippen LogP contribution is -2.30. The molecule has 17 heavy (non-hydrogen) atoms. The van der Waals surface area contributed by atoms with Gasteiger partial charge in [0, 0.05) is 5.02 Å². The van der Waals surface area contributed by atoms with Crippen molar-refractivity contribution in [1.82, 2.24) is 0 Å². The summed E-state index contributed by atoms with van der Waals surface area (Å²) in [7, 11) is 0. The zero-order chi connectivity index (χ0) is 12.6. The number of aliphatic hydroxyl groups is 1. The van der Waals surface area contributed by atoms with Crippen molar-refractivity contribution in [3.05, 3.63) is 27.7 Å². The number of benzene rings is 1. The van der Waals surface area contributed by atoms with Gasteiger partial charge in [0.1, 0.15) is 0 Å². The second-order valence-corrected chi connectivity index (χ2v) is 5.13. The minimum absolute atomic E-state index is 0.336. The van der Waals surface area contributed by atoms with Crippen LogP contribution in [0.4, 0.5) is 0 Å². The summed E-state index contributed by atoms with van der Waals surface area (Å²) in [6.07, 6.45) is 0.339. The Bertz CT molecular complexity index is 457. The molecule has 0 spiro atoms. The second-order valence-electron chi connectivity index (χ2n) is 4.28. The maximum Gasteiger partial charge on any atom is 0.314 e. The predicted molar refractivity (Wildman–Crippen MR) is 65.6 cm³/mol. The molecule has 2 rings (SSSR count). The van der Waals surface area contributed by atoms with Gasteiger partial charge in [-0.2, -0.15) is 0 Å². The van der Waals surface area contributed by atoms with E-state index in [1.54, 1.807) is 19.1 Å². The summed E-state index contributed by atoms with van der Waals surface area (Å²) >= 11 is 11.9. The molecule has 5 heteroatoms. The van der Waals surface area contributed by atoms with Crippen molar-refractivity contribution in [2.75, 3.05) is 0 Å². The average molecular weight is 275 g/mol. The molecular weight excluding hydrogens is 263 g/mol. The lowest BCUT2D eigenvalue weighted by molar-refractivity contribution is -0.141. The van der Waals surface area contributed by atoms with Crippen LogP contribution in [0, 0.1) is 5.92 Å². The molecule has 3 nitrogen and oxygen atoms in total. The summed E-state index contributed by atoms with van der Waals surface area (Å²) in [5.74, 6) is -0.289. The second kappa shape index (κ2) is 4.84. The molecule has 0 fully saturated rings. The largest absolute Gasteiger partial charge is 0.424 e. The topological polar surface area (TPSA) is 46.5 Å². The molecule has 0 aliphatic carbocycles. The Kier molecular flexibility index (Phi) is 3.61. The fourth-order valence-electron chi connectivity index (χ4n) is 2.00. The van der Waals surface area contributed by atoms with Gasteiger partial charge < -0.3 is 9.84 Å². The maximum atomic E-state index is 11.7. The van der Waals surface area contributed by atoms with Gasteiger partial charge in [0.05, 0.1) is 17.0 Å². The van der Waals surface area contributed by atoms with Crippen molar-refractivity contribution in [2.24, 2.45) is 5.92 Å². The van der Waals surface area contributed by atoms with Gasteiger partial charge >= 0.3 is 5.97 Å². The highest BCUT2D eigenvalue weighted by molar-refractivity contribution is 6.35. The molecule has 0 saturated carbocycles. The molecule has 1 aliphatic rings. The quantitative estimate of drug-likeness (QED) is 0.666. The molecule has 0 saturated heterocycles. The van der Waals surface area contributed by atoms with Gasteiger partial charge in [0.25, 0.3) is 0 Å². The minimum atomic E-state index is -0.538. The van der Waals surface area contributed by atoms with Crippen LogP contribution in [-0.4, -0.2) is 17.2 Å². The van der Waals surface area contributed by atoms with E-state index in [0.29, 0.717) is 28.6 Å². The summed E-state index contributed by atoms with van der Waals surface area (Å²) in [5, 5.41) is 10.2. The van der Waals surface area contributed by atoms with Crippen LogP contribution in [0.15, 0.2) is 12.1 Å². The molecule has 1 aliphatic heterocycles. The van der Waals surface area contributed by atoms with Crippen LogP contribution in [0.1, 0.15) is 18.9 Å². The zero-order valence-corrected chi connectivity index (χ0v) is 10.8. The van der Waals surface area contributed by atoms with Gasteiger partial charge in [0.2, 0.25) is 0 Å². The molecule has 0 radical (unpaired) electrons. The number of rotatable bonds is 2. The molecule has 1 aromatic rings. The van der Waals surface area contributed by atoms with E-state index < -0.39 is 6.10 Å². The molecule has 0 amide bonds. The lowest BCUT2D eigenvalue weighted by atomic mass is 9.91. The highest BCUT2D eigenvalue weighted by atomic mass is 35.5. The van der Waals surface area contributed by atoms with Crippen molar-refractivity contribution < 1.29 is 14.6 Å². The molecule has 2 unspecified atom stereocenters. The maximum absolute atomic E-state index is 11.7. The Morgan fingerprint density at radius 2 is 2.24 bits per heavy atom. The van der Waals surface area contributed by atoms with Crippen molar-refractivity contribution in [3.63, 3.8) is 0 Å². The zero-order valence-electron chi connectivity index (χ0n) is 9.24. The molecule has 0 bridgehead atoms. The number of hydrogen-bond donors (Lipinski definition) is 1. The molecular formula is C12H12Cl2O3. The monoisotopic (exact) mass is 274 g/mol. The highest BCUT2D eigenvalue weighted by Crippen LogP contribution is 2.38. The molecule has 2 atom stereocenters. The number of fused-ring (bicyclic) bond motifs is 1. The van der Waals surface area contributed by atoms with Crippen LogP contribution in [0.5, 0.6) is 5.75 Å². The van der Waals surface area contributed by atoms with E-state index in [1.165, 1.54) is 0 Å². The van der Waals surface area contributed by atoms with Crippen LogP contribution in [0.3, 0.4) is 0 Å². The number of esters is 1. The Hall–Kier alpha value is -0.770. The first kappa shape index (κ1) is 12.7. The third kappa shape index (κ3) is 2.73. The normalized spacial score (nSPS) is 20.7. The van der Waals surface area contributed by atoms with Crippen LogP contribution < -0.4 is 4.74 Å². The van der Waals surface area contributed by atoms with Crippen LogP contribution >= 0.6 is 23.2 Å². The van der Waals surface area contributed by atoms with Gasteiger partial charge in [-0.15, -0.1) is 0 Å². The molecule has 92 valence electrons. The summed E-state index contributed by atoms with van der Waals surface area (Å²) in [6, 6.07) is 3.29. The van der Waals surface area contributed by atoms with Crippen molar-refractivity contribution in [3.8, 4) is 5.75 Å². The summed E-state index contributed by atoms with van der Waals surface area (Å²) in [6.45, 7) is 1.65. The third-order valence-electron chi connectivity index (χ3n) is 2.71. The standard InChI is InChI=1S/C12H12Cl2O3/c1-6(15)2-8-3-7-4-9(13)5-10(14)11(7)17-12(8)16/h4-6,8,15H,2-3H2,1H3. The number of hydrogen-bond acceptors (Lipinski definition) is 3. The SMILES string of the molecule is CC(O)CC1Cc2cc(Cl)cc(Cl)c2OC1=O. The van der Waals surface area contributed by atoms with Gasteiger partial charge in [-0.25, -0.2) is 0 Å². The number of ether oxygens (including phenoxy) is 1. The minimum Gasteiger partial charge on any atom is -0.424 e. The molecule has 1 aromatic carbocycles.